The monoisotopic (exact) mass is 418 g/mol. The first-order chi connectivity index (χ1) is 14.4. The summed E-state index contributed by atoms with van der Waals surface area (Å²) < 4.78 is 21.8. The first-order valence-electron chi connectivity index (χ1n) is 9.40. The molecule has 5 atom stereocenters. The van der Waals surface area contributed by atoms with E-state index in [4.69, 9.17) is 18.9 Å². The molecule has 30 heavy (non-hydrogen) atoms. The third-order valence-electron chi connectivity index (χ3n) is 5.17. The Morgan fingerprint density at radius 2 is 1.77 bits per heavy atom. The Balaban J connectivity index is 1.57. The predicted octanol–water partition coefficient (Wildman–Crippen LogP) is 0.925. The van der Waals surface area contributed by atoms with Crippen LogP contribution in [0.15, 0.2) is 36.4 Å². The number of methoxy groups -OCH3 is 1. The van der Waals surface area contributed by atoms with Crippen molar-refractivity contribution >= 4 is 5.78 Å². The summed E-state index contributed by atoms with van der Waals surface area (Å²) in [5, 5.41) is 39.7. The van der Waals surface area contributed by atoms with Gasteiger partial charge in [-0.1, -0.05) is 12.1 Å². The number of aromatic hydroxyl groups is 1. The molecule has 4 rings (SSSR count). The van der Waals surface area contributed by atoms with Crippen LogP contribution in [0.5, 0.6) is 23.0 Å². The Hall–Kier alpha value is -2.85. The first kappa shape index (κ1) is 20.4. The molecule has 1 saturated heterocycles. The lowest BCUT2D eigenvalue weighted by Gasteiger charge is -2.35. The highest BCUT2D eigenvalue weighted by Gasteiger charge is 2.39. The summed E-state index contributed by atoms with van der Waals surface area (Å²) >= 11 is 0. The number of fused-ring (bicyclic) bond motifs is 1. The Labute approximate surface area is 172 Å². The van der Waals surface area contributed by atoms with Gasteiger partial charge in [-0.25, -0.2) is 0 Å². The van der Waals surface area contributed by atoms with Gasteiger partial charge >= 0.3 is 0 Å². The molecule has 2 heterocycles. The van der Waals surface area contributed by atoms with Crippen LogP contribution in [0.2, 0.25) is 0 Å². The molecule has 160 valence electrons. The summed E-state index contributed by atoms with van der Waals surface area (Å²) in [6.45, 7) is -0.228. The summed E-state index contributed by atoms with van der Waals surface area (Å²) in [5.41, 5.74) is 0.816. The average molecular weight is 418 g/mol. The number of phenols is 1. The van der Waals surface area contributed by atoms with Crippen molar-refractivity contribution in [3.05, 3.63) is 47.5 Å². The maximum atomic E-state index is 12.6. The van der Waals surface area contributed by atoms with Crippen molar-refractivity contribution in [3.63, 3.8) is 0 Å². The Morgan fingerprint density at radius 3 is 2.47 bits per heavy atom. The van der Waals surface area contributed by atoms with Gasteiger partial charge < -0.3 is 39.4 Å². The first-order valence-corrected chi connectivity index (χ1v) is 9.40. The van der Waals surface area contributed by atoms with E-state index in [1.807, 2.05) is 0 Å². The second kappa shape index (κ2) is 8.11. The number of Topliss-reactive ketones (excluding diaryl/α,β-unsaturated/α-hetero) is 1. The van der Waals surface area contributed by atoms with Crippen molar-refractivity contribution in [2.24, 2.45) is 0 Å². The number of aliphatic hydroxyl groups is 3. The van der Waals surface area contributed by atoms with Gasteiger partial charge in [0.25, 0.3) is 0 Å². The number of benzene rings is 2. The maximum absolute atomic E-state index is 12.6. The van der Waals surface area contributed by atoms with Crippen molar-refractivity contribution in [1.29, 1.82) is 0 Å². The van der Waals surface area contributed by atoms with Gasteiger partial charge in [-0.05, 0) is 17.7 Å². The molecular formula is C21H22O9. The molecule has 0 aliphatic carbocycles. The number of carbonyl (C=O) groups is 1. The van der Waals surface area contributed by atoms with Crippen LogP contribution in [-0.2, 0) is 4.74 Å². The lowest BCUT2D eigenvalue weighted by atomic mass is 9.95. The Kier molecular flexibility index (Phi) is 5.52. The highest BCUT2D eigenvalue weighted by Crippen LogP contribution is 2.42. The summed E-state index contributed by atoms with van der Waals surface area (Å²) in [5.74, 6) is 0.267. The zero-order valence-corrected chi connectivity index (χ0v) is 16.1. The number of carbonyl (C=O) groups excluding carboxylic acids is 1. The minimum atomic E-state index is -1.50. The molecule has 2 aromatic rings. The standard InChI is InChI=1S/C21H22O9/c1-27-11-4-2-10(3-5-11)16-8-14(23)18-13(22)6-12(7-17(18)30-16)29-21-20(26)19(25)15(24)9-28-21/h2-7,15-16,19-22,24-26H,8-9H2,1H3/t15-,16?,19+,20-,21+/m1/s1. The van der Waals surface area contributed by atoms with Crippen LogP contribution < -0.4 is 14.2 Å². The summed E-state index contributed by atoms with van der Waals surface area (Å²) in [4.78, 5) is 12.6. The fourth-order valence-electron chi connectivity index (χ4n) is 3.50. The van der Waals surface area contributed by atoms with Gasteiger partial charge in [0, 0.05) is 12.1 Å². The molecule has 2 aromatic carbocycles. The van der Waals surface area contributed by atoms with E-state index in [1.54, 1.807) is 31.4 Å². The summed E-state index contributed by atoms with van der Waals surface area (Å²) in [6.07, 6.45) is -5.94. The fourth-order valence-corrected chi connectivity index (χ4v) is 3.50. The molecule has 0 radical (unpaired) electrons. The zero-order chi connectivity index (χ0) is 21.4. The topological polar surface area (TPSA) is 135 Å². The average Bonchev–Trinajstić information content (AvgIpc) is 2.73. The molecular weight excluding hydrogens is 396 g/mol. The van der Waals surface area contributed by atoms with Gasteiger partial charge in [-0.15, -0.1) is 0 Å². The number of ether oxygens (including phenoxy) is 4. The number of rotatable bonds is 4. The molecule has 1 unspecified atom stereocenters. The van der Waals surface area contributed by atoms with Crippen LogP contribution in [0, 0.1) is 0 Å². The van der Waals surface area contributed by atoms with Crippen LogP contribution in [-0.4, -0.2) is 64.5 Å². The quantitative estimate of drug-likeness (QED) is 0.572. The number of hydrogen-bond acceptors (Lipinski definition) is 9. The van der Waals surface area contributed by atoms with Crippen molar-refractivity contribution in [3.8, 4) is 23.0 Å². The van der Waals surface area contributed by atoms with E-state index in [-0.39, 0.29) is 41.6 Å². The van der Waals surface area contributed by atoms with E-state index in [1.165, 1.54) is 12.1 Å². The molecule has 9 heteroatoms. The molecule has 0 spiro atoms. The highest BCUT2D eigenvalue weighted by molar-refractivity contribution is 6.02. The third-order valence-corrected chi connectivity index (χ3v) is 5.17. The smallest absolute Gasteiger partial charge is 0.228 e. The Bertz CT molecular complexity index is 927. The normalized spacial score (nSPS) is 28.4. The Morgan fingerprint density at radius 1 is 1.03 bits per heavy atom. The van der Waals surface area contributed by atoms with E-state index in [2.05, 4.69) is 0 Å². The highest BCUT2D eigenvalue weighted by atomic mass is 16.7. The number of aliphatic hydroxyl groups excluding tert-OH is 3. The van der Waals surface area contributed by atoms with Crippen molar-refractivity contribution < 1.29 is 44.2 Å². The van der Waals surface area contributed by atoms with Crippen molar-refractivity contribution in [1.82, 2.24) is 0 Å². The molecule has 4 N–H and O–H groups in total. The number of ketones is 1. The van der Waals surface area contributed by atoms with Crippen molar-refractivity contribution in [2.45, 2.75) is 37.1 Å². The molecule has 9 nitrogen and oxygen atoms in total. The summed E-state index contributed by atoms with van der Waals surface area (Å²) in [7, 11) is 1.56. The minimum Gasteiger partial charge on any atom is -0.507 e. The van der Waals surface area contributed by atoms with Crippen molar-refractivity contribution in [2.75, 3.05) is 13.7 Å². The van der Waals surface area contributed by atoms with Crippen LogP contribution in [0.4, 0.5) is 0 Å². The lowest BCUT2D eigenvalue weighted by molar-refractivity contribution is -0.242. The molecule has 0 saturated carbocycles. The fraction of sp³-hybridized carbons (Fsp3) is 0.381. The van der Waals surface area contributed by atoms with Crippen LogP contribution in [0.3, 0.4) is 0 Å². The maximum Gasteiger partial charge on any atom is 0.228 e. The second-order valence-corrected chi connectivity index (χ2v) is 7.19. The number of hydrogen-bond donors (Lipinski definition) is 4. The summed E-state index contributed by atoms with van der Waals surface area (Å²) in [6, 6.07) is 9.73. The van der Waals surface area contributed by atoms with E-state index < -0.39 is 30.7 Å². The van der Waals surface area contributed by atoms with E-state index in [9.17, 15) is 25.2 Å². The van der Waals surface area contributed by atoms with Gasteiger partial charge in [0.1, 0.15) is 53.0 Å². The molecule has 0 aromatic heterocycles. The van der Waals surface area contributed by atoms with E-state index in [0.29, 0.717) is 5.75 Å². The third kappa shape index (κ3) is 3.80. The van der Waals surface area contributed by atoms with Gasteiger partial charge in [0.15, 0.2) is 5.78 Å². The zero-order valence-electron chi connectivity index (χ0n) is 16.1. The molecule has 1 fully saturated rings. The van der Waals surface area contributed by atoms with Gasteiger partial charge in [-0.3, -0.25) is 4.79 Å². The van der Waals surface area contributed by atoms with Gasteiger partial charge in [0.05, 0.1) is 20.1 Å². The second-order valence-electron chi connectivity index (χ2n) is 7.19. The molecule has 0 bridgehead atoms. The SMILES string of the molecule is COc1ccc(C2CC(=O)c3c(O)cc(O[C@@H]4OC[C@@H](O)[C@H](O)[C@H]4O)cc3O2)cc1. The minimum absolute atomic E-state index is 0.0488. The molecule has 2 aliphatic rings. The van der Waals surface area contributed by atoms with Gasteiger partial charge in [-0.2, -0.15) is 0 Å². The lowest BCUT2D eigenvalue weighted by Crippen LogP contribution is -2.54. The van der Waals surface area contributed by atoms with Crippen LogP contribution in [0.1, 0.15) is 28.4 Å². The van der Waals surface area contributed by atoms with Crippen LogP contribution >= 0.6 is 0 Å². The van der Waals surface area contributed by atoms with E-state index >= 15 is 0 Å². The van der Waals surface area contributed by atoms with E-state index in [0.717, 1.165) is 5.56 Å². The number of phenolic OH excluding ortho intramolecular Hbond substituents is 1. The van der Waals surface area contributed by atoms with Crippen LogP contribution in [0.25, 0.3) is 0 Å². The van der Waals surface area contributed by atoms with Gasteiger partial charge in [0.2, 0.25) is 6.29 Å². The largest absolute Gasteiger partial charge is 0.507 e. The molecule has 2 aliphatic heterocycles. The predicted molar refractivity (Wildman–Crippen MR) is 102 cm³/mol. The molecule has 0 amide bonds.